The SMILES string of the molecule is O=c1oc2cc(O)c(Cl)cc2s1. The fourth-order valence-electron chi connectivity index (χ4n) is 0.884. The number of hydrogen-bond donors (Lipinski definition) is 1. The summed E-state index contributed by atoms with van der Waals surface area (Å²) < 4.78 is 5.39. The average molecular weight is 203 g/mol. The monoisotopic (exact) mass is 202 g/mol. The second-order valence-electron chi connectivity index (χ2n) is 2.20. The topological polar surface area (TPSA) is 50.4 Å². The number of fused-ring (bicyclic) bond motifs is 1. The molecule has 62 valence electrons. The lowest BCUT2D eigenvalue weighted by molar-refractivity contribution is 0.474. The van der Waals surface area contributed by atoms with Gasteiger partial charge in [-0.3, -0.25) is 0 Å². The molecule has 2 aromatic rings. The van der Waals surface area contributed by atoms with E-state index in [2.05, 4.69) is 0 Å². The lowest BCUT2D eigenvalue weighted by Gasteiger charge is -1.92. The summed E-state index contributed by atoms with van der Waals surface area (Å²) in [5.74, 6) is -0.0780. The van der Waals surface area contributed by atoms with Gasteiger partial charge in [-0.2, -0.15) is 0 Å². The van der Waals surface area contributed by atoms with Gasteiger partial charge in [-0.05, 0) is 6.07 Å². The Bertz CT molecular complexity index is 443. The summed E-state index contributed by atoms with van der Waals surface area (Å²) in [5, 5.41) is 9.36. The van der Waals surface area contributed by atoms with Crippen molar-refractivity contribution >= 4 is 33.2 Å². The smallest absolute Gasteiger partial charge is 0.396 e. The molecular formula is C7H3ClO3S. The summed E-state index contributed by atoms with van der Waals surface area (Å²) in [5.41, 5.74) is 0.368. The van der Waals surface area contributed by atoms with Crippen LogP contribution in [0.15, 0.2) is 21.3 Å². The Kier molecular flexibility index (Phi) is 1.59. The van der Waals surface area contributed by atoms with E-state index in [-0.39, 0.29) is 10.8 Å². The predicted octanol–water partition coefficient (Wildman–Crippen LogP) is 2.21. The molecule has 0 aliphatic heterocycles. The molecule has 1 aromatic carbocycles. The molecule has 5 heteroatoms. The molecule has 12 heavy (non-hydrogen) atoms. The second-order valence-corrected chi connectivity index (χ2v) is 3.59. The van der Waals surface area contributed by atoms with Gasteiger partial charge in [0.25, 0.3) is 0 Å². The van der Waals surface area contributed by atoms with E-state index in [0.717, 1.165) is 11.3 Å². The van der Waals surface area contributed by atoms with Crippen LogP contribution in [0.25, 0.3) is 10.3 Å². The summed E-state index contributed by atoms with van der Waals surface area (Å²) in [6, 6.07) is 2.83. The van der Waals surface area contributed by atoms with Gasteiger partial charge in [0.1, 0.15) is 5.75 Å². The van der Waals surface area contributed by atoms with Gasteiger partial charge in [-0.1, -0.05) is 22.9 Å². The Morgan fingerprint density at radius 3 is 3.00 bits per heavy atom. The number of phenols is 1. The maximum absolute atomic E-state index is 10.7. The molecule has 0 bridgehead atoms. The number of aromatic hydroxyl groups is 1. The van der Waals surface area contributed by atoms with Crippen LogP contribution in [0.4, 0.5) is 0 Å². The van der Waals surface area contributed by atoms with Gasteiger partial charge >= 0.3 is 4.94 Å². The molecule has 0 fully saturated rings. The number of halogens is 1. The first-order valence-electron chi connectivity index (χ1n) is 3.09. The van der Waals surface area contributed by atoms with Crippen molar-refractivity contribution in [1.82, 2.24) is 0 Å². The maximum Gasteiger partial charge on any atom is 0.396 e. The lowest BCUT2D eigenvalue weighted by Crippen LogP contribution is -1.79. The van der Waals surface area contributed by atoms with Gasteiger partial charge in [0, 0.05) is 6.07 Å². The van der Waals surface area contributed by atoms with Crippen molar-refractivity contribution in [3.05, 3.63) is 26.9 Å². The van der Waals surface area contributed by atoms with Gasteiger partial charge in [-0.25, -0.2) is 4.79 Å². The standard InChI is InChI=1S/C7H3ClO3S/c8-3-1-6-5(2-4(3)9)11-7(10)12-6/h1-2,9H. The number of benzene rings is 1. The minimum Gasteiger partial charge on any atom is -0.506 e. The van der Waals surface area contributed by atoms with Crippen LogP contribution in [-0.2, 0) is 0 Å². The summed E-state index contributed by atoms with van der Waals surface area (Å²) in [6.45, 7) is 0. The zero-order valence-corrected chi connectivity index (χ0v) is 7.28. The van der Waals surface area contributed by atoms with E-state index < -0.39 is 4.94 Å². The third-order valence-corrected chi connectivity index (χ3v) is 2.49. The van der Waals surface area contributed by atoms with Crippen molar-refractivity contribution in [2.75, 3.05) is 0 Å². The van der Waals surface area contributed by atoms with Crippen LogP contribution in [0.3, 0.4) is 0 Å². The first kappa shape index (κ1) is 7.64. The third-order valence-electron chi connectivity index (χ3n) is 1.40. The molecule has 0 saturated heterocycles. The van der Waals surface area contributed by atoms with E-state index in [0.29, 0.717) is 10.3 Å². The molecule has 0 radical (unpaired) electrons. The van der Waals surface area contributed by atoms with Crippen LogP contribution >= 0.6 is 22.9 Å². The van der Waals surface area contributed by atoms with Gasteiger partial charge in [0.15, 0.2) is 5.58 Å². The van der Waals surface area contributed by atoms with Crippen molar-refractivity contribution in [1.29, 1.82) is 0 Å². The number of hydrogen-bond acceptors (Lipinski definition) is 4. The Morgan fingerprint density at radius 1 is 1.50 bits per heavy atom. The molecule has 0 amide bonds. The molecule has 0 unspecified atom stereocenters. The van der Waals surface area contributed by atoms with E-state index in [4.69, 9.17) is 21.1 Å². The molecule has 1 N–H and O–H groups in total. The number of rotatable bonds is 0. The Morgan fingerprint density at radius 2 is 2.25 bits per heavy atom. The first-order chi connectivity index (χ1) is 5.66. The van der Waals surface area contributed by atoms with Gasteiger partial charge in [0.05, 0.1) is 9.72 Å². The third kappa shape index (κ3) is 1.09. The Labute approximate surface area is 75.8 Å². The highest BCUT2D eigenvalue weighted by Crippen LogP contribution is 2.29. The highest BCUT2D eigenvalue weighted by molar-refractivity contribution is 7.16. The zero-order chi connectivity index (χ0) is 8.72. The van der Waals surface area contributed by atoms with Crippen molar-refractivity contribution < 1.29 is 9.52 Å². The minimum absolute atomic E-state index is 0.0780. The summed E-state index contributed by atoms with van der Waals surface area (Å²) in [6.07, 6.45) is 0. The first-order valence-corrected chi connectivity index (χ1v) is 4.28. The molecular weight excluding hydrogens is 200 g/mol. The summed E-state index contributed by atoms with van der Waals surface area (Å²) in [4.78, 5) is 10.3. The molecule has 0 saturated carbocycles. The molecule has 2 rings (SSSR count). The van der Waals surface area contributed by atoms with Gasteiger partial charge in [0.2, 0.25) is 0 Å². The lowest BCUT2D eigenvalue weighted by atomic mass is 10.3. The highest BCUT2D eigenvalue weighted by Gasteiger charge is 2.06. The molecule has 1 heterocycles. The van der Waals surface area contributed by atoms with Crippen molar-refractivity contribution in [2.24, 2.45) is 0 Å². The largest absolute Gasteiger partial charge is 0.506 e. The Hall–Kier alpha value is -1.000. The molecule has 3 nitrogen and oxygen atoms in total. The van der Waals surface area contributed by atoms with E-state index in [1.54, 1.807) is 0 Å². The van der Waals surface area contributed by atoms with Gasteiger partial charge < -0.3 is 9.52 Å². The minimum atomic E-state index is -0.397. The predicted molar refractivity (Wildman–Crippen MR) is 47.0 cm³/mol. The maximum atomic E-state index is 10.7. The van der Waals surface area contributed by atoms with Crippen LogP contribution < -0.4 is 4.94 Å². The fourth-order valence-corrected chi connectivity index (χ4v) is 1.80. The van der Waals surface area contributed by atoms with Crippen LogP contribution in [0.1, 0.15) is 0 Å². The average Bonchev–Trinajstić information content (AvgIpc) is 2.30. The van der Waals surface area contributed by atoms with Crippen LogP contribution in [0, 0.1) is 0 Å². The highest BCUT2D eigenvalue weighted by atomic mass is 35.5. The van der Waals surface area contributed by atoms with E-state index in [9.17, 15) is 4.79 Å². The van der Waals surface area contributed by atoms with Crippen LogP contribution in [0.2, 0.25) is 5.02 Å². The molecule has 0 spiro atoms. The van der Waals surface area contributed by atoms with Gasteiger partial charge in [-0.15, -0.1) is 0 Å². The second kappa shape index (κ2) is 2.50. The zero-order valence-electron chi connectivity index (χ0n) is 5.70. The van der Waals surface area contributed by atoms with E-state index in [1.165, 1.54) is 12.1 Å². The Balaban J connectivity index is 2.92. The molecule has 0 aliphatic carbocycles. The van der Waals surface area contributed by atoms with Crippen molar-refractivity contribution in [3.8, 4) is 5.75 Å². The van der Waals surface area contributed by atoms with E-state index in [1.807, 2.05) is 0 Å². The normalized spacial score (nSPS) is 10.8. The van der Waals surface area contributed by atoms with Crippen molar-refractivity contribution in [3.63, 3.8) is 0 Å². The quantitative estimate of drug-likeness (QED) is 0.713. The molecule has 1 aromatic heterocycles. The van der Waals surface area contributed by atoms with Crippen LogP contribution in [-0.4, -0.2) is 5.11 Å². The summed E-state index contributed by atoms with van der Waals surface area (Å²) in [7, 11) is 0. The van der Waals surface area contributed by atoms with Crippen LogP contribution in [0.5, 0.6) is 5.75 Å². The fraction of sp³-hybridized carbons (Fsp3) is 0. The molecule has 0 atom stereocenters. The van der Waals surface area contributed by atoms with E-state index >= 15 is 0 Å². The number of phenolic OH excluding ortho intramolecular Hbond substituents is 1. The molecule has 0 aliphatic rings. The summed E-state index contributed by atoms with van der Waals surface area (Å²) >= 11 is 6.57. The van der Waals surface area contributed by atoms with Crippen molar-refractivity contribution in [2.45, 2.75) is 0 Å².